The summed E-state index contributed by atoms with van der Waals surface area (Å²) in [5.74, 6) is -1.30. The monoisotopic (exact) mass is 657 g/mol. The molecule has 1 atom stereocenters. The minimum Gasteiger partial charge on any atom is -0.325 e. The van der Waals surface area contributed by atoms with Gasteiger partial charge in [0.2, 0.25) is 5.91 Å². The van der Waals surface area contributed by atoms with Crippen molar-refractivity contribution in [3.63, 3.8) is 0 Å². The van der Waals surface area contributed by atoms with Crippen LogP contribution < -0.4 is 16.0 Å². The van der Waals surface area contributed by atoms with Gasteiger partial charge in [-0.3, -0.25) is 14.4 Å². The van der Waals surface area contributed by atoms with Crippen molar-refractivity contribution < 1.29 is 14.4 Å². The van der Waals surface area contributed by atoms with Gasteiger partial charge in [0, 0.05) is 31.9 Å². The van der Waals surface area contributed by atoms with Crippen LogP contribution in [-0.4, -0.2) is 23.0 Å². The van der Waals surface area contributed by atoms with E-state index in [2.05, 4.69) is 16.0 Å². The van der Waals surface area contributed by atoms with E-state index in [1.807, 2.05) is 6.07 Å². The minimum absolute atomic E-state index is 0.0426. The molecule has 0 saturated heterocycles. The number of hydrogen-bond donors (Lipinski definition) is 3. The summed E-state index contributed by atoms with van der Waals surface area (Å²) in [5.41, 5.74) is 1.73. The number of anilines is 2. The summed E-state index contributed by atoms with van der Waals surface area (Å²) in [6, 6.07) is 25.3. The van der Waals surface area contributed by atoms with Crippen LogP contribution in [-0.2, 0) is 9.59 Å². The molecule has 0 aliphatic carbocycles. The molecule has 0 bridgehead atoms. The lowest BCUT2D eigenvalue weighted by atomic mass is 10.1. The fraction of sp³-hybridized carbons (Fsp3) is 0.0645. The third-order valence-electron chi connectivity index (χ3n) is 5.71. The number of hydrogen-bond acceptors (Lipinski definition) is 4. The molecule has 4 aromatic rings. The molecular weight excluding hydrogens is 636 g/mol. The van der Waals surface area contributed by atoms with E-state index in [1.165, 1.54) is 17.8 Å². The normalized spacial score (nSPS) is 11.9. The Kier molecular flexibility index (Phi) is 11.0. The predicted molar refractivity (Wildman–Crippen MR) is 174 cm³/mol. The molecular formula is C31H23Cl4N3O3S. The first-order chi connectivity index (χ1) is 20.1. The summed E-state index contributed by atoms with van der Waals surface area (Å²) >= 11 is 25.9. The highest BCUT2D eigenvalue weighted by Crippen LogP contribution is 2.29. The molecule has 11 heteroatoms. The standard InChI is InChI=1S/C31H23Cl4N3O3S/c1-18(29(39)37-24-15-21(32)14-22(33)16-24)42-25-11-6-10-23(17-25)36-31(41)27(13-20-9-5-12-26(34)28(20)35)38-30(40)19-7-3-2-4-8-19/h2-18H,1H3,(H,36,41)(H,37,39)(H,38,40)/b27-13+. The van der Waals surface area contributed by atoms with Crippen LogP contribution in [0.1, 0.15) is 22.8 Å². The molecule has 6 nitrogen and oxygen atoms in total. The van der Waals surface area contributed by atoms with Crippen LogP contribution in [0.25, 0.3) is 6.08 Å². The lowest BCUT2D eigenvalue weighted by Gasteiger charge is -2.14. The summed E-state index contributed by atoms with van der Waals surface area (Å²) < 4.78 is 0. The molecule has 3 N–H and O–H groups in total. The highest BCUT2D eigenvalue weighted by molar-refractivity contribution is 8.00. The Morgan fingerprint density at radius 1 is 0.762 bits per heavy atom. The molecule has 0 saturated carbocycles. The lowest BCUT2D eigenvalue weighted by molar-refractivity contribution is -0.115. The SMILES string of the molecule is CC(Sc1cccc(NC(=O)/C(=C\c2cccc(Cl)c2Cl)NC(=O)c2ccccc2)c1)C(=O)Nc1cc(Cl)cc(Cl)c1. The van der Waals surface area contributed by atoms with E-state index in [-0.39, 0.29) is 16.6 Å². The highest BCUT2D eigenvalue weighted by Gasteiger charge is 2.18. The highest BCUT2D eigenvalue weighted by atomic mass is 35.5. The number of rotatable bonds is 9. The van der Waals surface area contributed by atoms with Crippen LogP contribution in [0.15, 0.2) is 102 Å². The average molecular weight is 659 g/mol. The van der Waals surface area contributed by atoms with Gasteiger partial charge in [-0.25, -0.2) is 0 Å². The lowest BCUT2D eigenvalue weighted by Crippen LogP contribution is -2.30. The van der Waals surface area contributed by atoms with E-state index < -0.39 is 17.1 Å². The third kappa shape index (κ3) is 8.77. The predicted octanol–water partition coefficient (Wildman–Crippen LogP) is 8.83. The summed E-state index contributed by atoms with van der Waals surface area (Å²) in [7, 11) is 0. The number of halogens is 4. The quantitative estimate of drug-likeness (QED) is 0.124. The Morgan fingerprint density at radius 3 is 2.17 bits per heavy atom. The van der Waals surface area contributed by atoms with Gasteiger partial charge in [0.25, 0.3) is 11.8 Å². The molecule has 0 fully saturated rings. The van der Waals surface area contributed by atoms with Gasteiger partial charge in [-0.1, -0.05) is 82.8 Å². The molecule has 0 aromatic heterocycles. The zero-order valence-corrected chi connectivity index (χ0v) is 25.8. The van der Waals surface area contributed by atoms with Crippen molar-refractivity contribution in [1.29, 1.82) is 0 Å². The second-order valence-corrected chi connectivity index (χ2v) is 12.0. The summed E-state index contributed by atoms with van der Waals surface area (Å²) in [5, 5.41) is 9.16. The second-order valence-electron chi connectivity index (χ2n) is 8.91. The van der Waals surface area contributed by atoms with Crippen molar-refractivity contribution in [2.24, 2.45) is 0 Å². The smallest absolute Gasteiger partial charge is 0.272 e. The molecule has 0 heterocycles. The number of carbonyl (C=O) groups is 3. The zero-order valence-electron chi connectivity index (χ0n) is 22.0. The van der Waals surface area contributed by atoms with Crippen molar-refractivity contribution in [2.75, 3.05) is 10.6 Å². The first-order valence-corrected chi connectivity index (χ1v) is 14.9. The van der Waals surface area contributed by atoms with Crippen LogP contribution in [0, 0.1) is 0 Å². The van der Waals surface area contributed by atoms with Crippen molar-refractivity contribution in [3.8, 4) is 0 Å². The van der Waals surface area contributed by atoms with Crippen molar-refractivity contribution in [3.05, 3.63) is 128 Å². The Bertz CT molecular complexity index is 1640. The van der Waals surface area contributed by atoms with Crippen LogP contribution >= 0.6 is 58.2 Å². The van der Waals surface area contributed by atoms with E-state index in [4.69, 9.17) is 46.4 Å². The minimum atomic E-state index is -0.582. The molecule has 3 amide bonds. The maximum Gasteiger partial charge on any atom is 0.272 e. The molecule has 0 radical (unpaired) electrons. The van der Waals surface area contributed by atoms with Gasteiger partial charge in [0.05, 0.1) is 15.3 Å². The molecule has 4 aromatic carbocycles. The van der Waals surface area contributed by atoms with E-state index >= 15 is 0 Å². The number of carbonyl (C=O) groups excluding carboxylic acids is 3. The fourth-order valence-electron chi connectivity index (χ4n) is 3.70. The number of nitrogens with one attached hydrogen (secondary N) is 3. The van der Waals surface area contributed by atoms with Gasteiger partial charge in [-0.2, -0.15) is 0 Å². The van der Waals surface area contributed by atoms with Crippen molar-refractivity contribution in [1.82, 2.24) is 5.32 Å². The molecule has 42 heavy (non-hydrogen) atoms. The van der Waals surface area contributed by atoms with Crippen molar-refractivity contribution >= 4 is 93.3 Å². The van der Waals surface area contributed by atoms with Gasteiger partial charge < -0.3 is 16.0 Å². The average Bonchev–Trinajstić information content (AvgIpc) is 2.95. The van der Waals surface area contributed by atoms with E-state index in [0.717, 1.165) is 4.90 Å². The van der Waals surface area contributed by atoms with Gasteiger partial charge in [-0.05, 0) is 73.2 Å². The van der Waals surface area contributed by atoms with Gasteiger partial charge in [-0.15, -0.1) is 11.8 Å². The first kappa shape index (κ1) is 31.5. The summed E-state index contributed by atoms with van der Waals surface area (Å²) in [6.07, 6.45) is 1.46. The van der Waals surface area contributed by atoms with Crippen LogP contribution in [0.5, 0.6) is 0 Å². The maximum absolute atomic E-state index is 13.4. The second kappa shape index (κ2) is 14.6. The van der Waals surface area contributed by atoms with Gasteiger partial charge in [0.1, 0.15) is 5.70 Å². The number of amides is 3. The van der Waals surface area contributed by atoms with Crippen molar-refractivity contribution in [2.45, 2.75) is 17.1 Å². The number of benzene rings is 4. The Hall–Kier alpha value is -3.46. The number of thioether (sulfide) groups is 1. The summed E-state index contributed by atoms with van der Waals surface area (Å²) in [6.45, 7) is 1.76. The van der Waals surface area contributed by atoms with Gasteiger partial charge >= 0.3 is 0 Å². The van der Waals surface area contributed by atoms with Crippen LogP contribution in [0.4, 0.5) is 11.4 Å². The fourth-order valence-corrected chi connectivity index (χ4v) is 5.52. The van der Waals surface area contributed by atoms with E-state index in [0.29, 0.717) is 37.6 Å². The first-order valence-electron chi connectivity index (χ1n) is 12.5. The Balaban J connectivity index is 1.50. The van der Waals surface area contributed by atoms with E-state index in [1.54, 1.807) is 91.9 Å². The summed E-state index contributed by atoms with van der Waals surface area (Å²) in [4.78, 5) is 39.8. The molecule has 0 spiro atoms. The molecule has 4 rings (SSSR count). The third-order valence-corrected chi connectivity index (χ3v) is 8.08. The Labute approximate surface area is 267 Å². The molecule has 1 unspecified atom stereocenters. The maximum atomic E-state index is 13.4. The van der Waals surface area contributed by atoms with Gasteiger partial charge in [0.15, 0.2) is 0 Å². The zero-order chi connectivity index (χ0) is 30.2. The van der Waals surface area contributed by atoms with E-state index in [9.17, 15) is 14.4 Å². The largest absolute Gasteiger partial charge is 0.325 e. The Morgan fingerprint density at radius 2 is 1.45 bits per heavy atom. The molecule has 0 aliphatic rings. The molecule has 0 aliphatic heterocycles. The van der Waals surface area contributed by atoms with Crippen LogP contribution in [0.2, 0.25) is 20.1 Å². The van der Waals surface area contributed by atoms with Crippen LogP contribution in [0.3, 0.4) is 0 Å². The molecule has 214 valence electrons. The topological polar surface area (TPSA) is 87.3 Å².